The van der Waals surface area contributed by atoms with E-state index in [1.807, 2.05) is 6.92 Å². The van der Waals surface area contributed by atoms with Gasteiger partial charge in [0.2, 0.25) is 0 Å². The molecule has 0 radical (unpaired) electrons. The molecule has 2 rings (SSSR count). The molecule has 1 fully saturated rings. The minimum atomic E-state index is -0.317. The number of aromatic nitrogens is 2. The minimum Gasteiger partial charge on any atom is -0.409 e. The van der Waals surface area contributed by atoms with Crippen molar-refractivity contribution in [3.05, 3.63) is 17.5 Å². The van der Waals surface area contributed by atoms with Gasteiger partial charge in [0, 0.05) is 19.8 Å². The van der Waals surface area contributed by atoms with Gasteiger partial charge < -0.3 is 15.8 Å². The van der Waals surface area contributed by atoms with Gasteiger partial charge in [-0.2, -0.15) is 5.10 Å². The highest BCUT2D eigenvalue weighted by atomic mass is 16.4. The number of amidine groups is 1. The van der Waals surface area contributed by atoms with Crippen molar-refractivity contribution >= 4 is 11.7 Å². The van der Waals surface area contributed by atoms with E-state index in [2.05, 4.69) is 10.3 Å². The van der Waals surface area contributed by atoms with Gasteiger partial charge in [0.15, 0.2) is 5.84 Å². The summed E-state index contributed by atoms with van der Waals surface area (Å²) in [6.45, 7) is 2.59. The first kappa shape index (κ1) is 13.4. The number of carbonyl (C=O) groups is 1. The van der Waals surface area contributed by atoms with E-state index < -0.39 is 0 Å². The van der Waals surface area contributed by atoms with Crippen molar-refractivity contribution in [2.75, 3.05) is 6.54 Å². The summed E-state index contributed by atoms with van der Waals surface area (Å²) in [5, 5.41) is 16.1. The van der Waals surface area contributed by atoms with Crippen LogP contribution in [-0.4, -0.2) is 44.2 Å². The van der Waals surface area contributed by atoms with Crippen molar-refractivity contribution in [2.45, 2.75) is 32.2 Å². The van der Waals surface area contributed by atoms with Crippen LogP contribution in [0.4, 0.5) is 0 Å². The lowest BCUT2D eigenvalue weighted by atomic mass is 10.1. The second-order valence-electron chi connectivity index (χ2n) is 4.70. The maximum atomic E-state index is 12.6. The summed E-state index contributed by atoms with van der Waals surface area (Å²) >= 11 is 0. The molecule has 1 aliphatic rings. The molecule has 104 valence electrons. The Kier molecular flexibility index (Phi) is 3.73. The summed E-state index contributed by atoms with van der Waals surface area (Å²) < 4.78 is 1.64. The van der Waals surface area contributed by atoms with Crippen molar-refractivity contribution in [3.63, 3.8) is 0 Å². The fourth-order valence-electron chi connectivity index (χ4n) is 2.51. The van der Waals surface area contributed by atoms with E-state index in [0.717, 1.165) is 18.5 Å². The fraction of sp³-hybridized carbons (Fsp3) is 0.583. The van der Waals surface area contributed by atoms with E-state index in [1.54, 1.807) is 22.8 Å². The second kappa shape index (κ2) is 5.29. The van der Waals surface area contributed by atoms with Crippen LogP contribution in [-0.2, 0) is 13.5 Å². The molecule has 1 aromatic heterocycles. The first-order valence-corrected chi connectivity index (χ1v) is 6.39. The molecule has 0 aromatic carbocycles. The van der Waals surface area contributed by atoms with Gasteiger partial charge in [-0.05, 0) is 19.3 Å². The van der Waals surface area contributed by atoms with Crippen LogP contribution in [0.3, 0.4) is 0 Å². The number of aryl methyl sites for hydroxylation is 2. The van der Waals surface area contributed by atoms with Crippen LogP contribution in [0.15, 0.2) is 11.4 Å². The standard InChI is InChI=1S/C12H19N5O2/c1-3-9-8(7-16(2)14-9)12(18)17-6-4-5-10(17)11(13)15-19/h7,10,19H,3-6H2,1-2H3,(H2,13,15). The van der Waals surface area contributed by atoms with Gasteiger partial charge in [-0.15, -0.1) is 0 Å². The molecule has 0 saturated carbocycles. The molecular formula is C12H19N5O2. The molecule has 7 heteroatoms. The van der Waals surface area contributed by atoms with Crippen molar-refractivity contribution < 1.29 is 10.0 Å². The number of likely N-dealkylation sites (tertiary alicyclic amines) is 1. The molecule has 0 spiro atoms. The molecule has 7 nitrogen and oxygen atoms in total. The van der Waals surface area contributed by atoms with Crippen LogP contribution >= 0.6 is 0 Å². The average Bonchev–Trinajstić information content (AvgIpc) is 3.02. The predicted octanol–water partition coefficient (Wildman–Crippen LogP) is 0.334. The Bertz CT molecular complexity index is 508. The number of carbonyl (C=O) groups excluding carboxylic acids is 1. The van der Waals surface area contributed by atoms with Gasteiger partial charge >= 0.3 is 0 Å². The SMILES string of the molecule is CCc1nn(C)cc1C(=O)N1CCCC1/C(N)=N/O. The minimum absolute atomic E-state index is 0.0905. The van der Waals surface area contributed by atoms with Crippen LogP contribution in [0, 0.1) is 0 Å². The first-order valence-electron chi connectivity index (χ1n) is 6.39. The van der Waals surface area contributed by atoms with Crippen LogP contribution in [0.5, 0.6) is 0 Å². The van der Waals surface area contributed by atoms with Gasteiger partial charge in [-0.1, -0.05) is 12.1 Å². The summed E-state index contributed by atoms with van der Waals surface area (Å²) in [4.78, 5) is 14.2. The molecule has 3 N–H and O–H groups in total. The normalized spacial score (nSPS) is 20.0. The number of amides is 1. The zero-order valence-corrected chi connectivity index (χ0v) is 11.2. The molecule has 19 heavy (non-hydrogen) atoms. The zero-order valence-electron chi connectivity index (χ0n) is 11.2. The van der Waals surface area contributed by atoms with E-state index in [0.29, 0.717) is 18.5 Å². The Hall–Kier alpha value is -2.05. The van der Waals surface area contributed by atoms with Crippen molar-refractivity contribution in [3.8, 4) is 0 Å². The quantitative estimate of drug-likeness (QED) is 0.356. The molecule has 0 bridgehead atoms. The van der Waals surface area contributed by atoms with Crippen molar-refractivity contribution in [2.24, 2.45) is 17.9 Å². The van der Waals surface area contributed by atoms with Crippen molar-refractivity contribution in [1.82, 2.24) is 14.7 Å². The molecule has 1 aromatic rings. The van der Waals surface area contributed by atoms with Crippen LogP contribution in [0.25, 0.3) is 0 Å². The lowest BCUT2D eigenvalue weighted by Gasteiger charge is -2.23. The number of hydrogen-bond donors (Lipinski definition) is 2. The monoisotopic (exact) mass is 265 g/mol. The topological polar surface area (TPSA) is 96.7 Å². The molecule has 1 amide bonds. The fourth-order valence-corrected chi connectivity index (χ4v) is 2.51. The third-order valence-corrected chi connectivity index (χ3v) is 3.44. The van der Waals surface area contributed by atoms with E-state index >= 15 is 0 Å². The zero-order chi connectivity index (χ0) is 14.0. The molecular weight excluding hydrogens is 246 g/mol. The number of oxime groups is 1. The Morgan fingerprint density at radius 2 is 2.42 bits per heavy atom. The van der Waals surface area contributed by atoms with E-state index in [1.165, 1.54) is 0 Å². The van der Waals surface area contributed by atoms with Crippen LogP contribution in [0.2, 0.25) is 0 Å². The Labute approximate surface area is 111 Å². The van der Waals surface area contributed by atoms with E-state index in [4.69, 9.17) is 10.9 Å². The summed E-state index contributed by atoms with van der Waals surface area (Å²) in [6.07, 6.45) is 4.00. The number of hydrogen-bond acceptors (Lipinski definition) is 4. The van der Waals surface area contributed by atoms with E-state index in [-0.39, 0.29) is 17.8 Å². The highest BCUT2D eigenvalue weighted by Crippen LogP contribution is 2.21. The van der Waals surface area contributed by atoms with Gasteiger partial charge in [0.05, 0.1) is 17.3 Å². The molecule has 1 unspecified atom stereocenters. The van der Waals surface area contributed by atoms with Crippen molar-refractivity contribution in [1.29, 1.82) is 0 Å². The smallest absolute Gasteiger partial charge is 0.257 e. The molecule has 0 aliphatic carbocycles. The Balaban J connectivity index is 2.28. The lowest BCUT2D eigenvalue weighted by Crippen LogP contribution is -2.44. The largest absolute Gasteiger partial charge is 0.409 e. The number of rotatable bonds is 3. The summed E-state index contributed by atoms with van der Waals surface area (Å²) in [7, 11) is 1.79. The van der Waals surface area contributed by atoms with Gasteiger partial charge in [-0.3, -0.25) is 9.48 Å². The highest BCUT2D eigenvalue weighted by Gasteiger charge is 2.33. The van der Waals surface area contributed by atoms with E-state index in [9.17, 15) is 4.79 Å². The highest BCUT2D eigenvalue weighted by molar-refractivity contribution is 5.99. The number of nitrogens with two attached hydrogens (primary N) is 1. The number of nitrogens with zero attached hydrogens (tertiary/aromatic N) is 4. The summed E-state index contributed by atoms with van der Waals surface area (Å²) in [6, 6.07) is -0.317. The Morgan fingerprint density at radius 1 is 1.68 bits per heavy atom. The predicted molar refractivity (Wildman–Crippen MR) is 70.1 cm³/mol. The molecule has 2 heterocycles. The Morgan fingerprint density at radius 3 is 3.05 bits per heavy atom. The molecule has 1 aliphatic heterocycles. The van der Waals surface area contributed by atoms with Gasteiger partial charge in [0.25, 0.3) is 5.91 Å². The molecule has 1 atom stereocenters. The maximum Gasteiger partial charge on any atom is 0.257 e. The maximum absolute atomic E-state index is 12.6. The van der Waals surface area contributed by atoms with Gasteiger partial charge in [0.1, 0.15) is 0 Å². The molecule has 1 saturated heterocycles. The first-order chi connectivity index (χ1) is 9.08. The van der Waals surface area contributed by atoms with Gasteiger partial charge in [-0.25, -0.2) is 0 Å². The van der Waals surface area contributed by atoms with Crippen LogP contribution < -0.4 is 5.73 Å². The van der Waals surface area contributed by atoms with Crippen LogP contribution in [0.1, 0.15) is 35.8 Å². The summed E-state index contributed by atoms with van der Waals surface area (Å²) in [5.41, 5.74) is 7.02. The third-order valence-electron chi connectivity index (χ3n) is 3.44. The average molecular weight is 265 g/mol. The lowest BCUT2D eigenvalue weighted by molar-refractivity contribution is 0.0766. The summed E-state index contributed by atoms with van der Waals surface area (Å²) in [5.74, 6) is -0.00756. The second-order valence-corrected chi connectivity index (χ2v) is 4.70. The third kappa shape index (κ3) is 2.40.